The zero-order valence-corrected chi connectivity index (χ0v) is 12.3. The fourth-order valence-corrected chi connectivity index (χ4v) is 3.97. The molecule has 2 aliphatic carbocycles. The molecule has 1 amide bonds. The van der Waals surface area contributed by atoms with Crippen LogP contribution in [0.5, 0.6) is 0 Å². The van der Waals surface area contributed by atoms with Gasteiger partial charge in [0.1, 0.15) is 0 Å². The van der Waals surface area contributed by atoms with Gasteiger partial charge in [-0.3, -0.25) is 4.79 Å². The Hall–Kier alpha value is -1.71. The molecule has 2 fully saturated rings. The van der Waals surface area contributed by atoms with Crippen molar-refractivity contribution in [2.75, 3.05) is 5.32 Å². The molecular formula is C17H19F2NO. The number of halogens is 2. The van der Waals surface area contributed by atoms with Gasteiger partial charge in [0.05, 0.1) is 5.41 Å². The van der Waals surface area contributed by atoms with Crippen molar-refractivity contribution in [2.45, 2.75) is 33.1 Å². The Morgan fingerprint density at radius 1 is 1.33 bits per heavy atom. The van der Waals surface area contributed by atoms with Gasteiger partial charge in [0.2, 0.25) is 5.91 Å². The van der Waals surface area contributed by atoms with Gasteiger partial charge in [0.15, 0.2) is 11.6 Å². The highest BCUT2D eigenvalue weighted by atomic mass is 19.2. The molecule has 0 spiro atoms. The maximum atomic E-state index is 13.2. The van der Waals surface area contributed by atoms with Crippen molar-refractivity contribution in [1.82, 2.24) is 0 Å². The van der Waals surface area contributed by atoms with Crippen LogP contribution in [0.3, 0.4) is 0 Å². The lowest BCUT2D eigenvalue weighted by atomic mass is 9.68. The molecule has 0 saturated heterocycles. The van der Waals surface area contributed by atoms with Crippen LogP contribution in [0.4, 0.5) is 14.5 Å². The zero-order valence-electron chi connectivity index (χ0n) is 12.3. The van der Waals surface area contributed by atoms with Gasteiger partial charge in [-0.15, -0.1) is 0 Å². The van der Waals surface area contributed by atoms with Crippen molar-refractivity contribution < 1.29 is 13.6 Å². The highest BCUT2D eigenvalue weighted by Crippen LogP contribution is 2.65. The fourth-order valence-electron chi connectivity index (χ4n) is 3.97. The first-order chi connectivity index (χ1) is 9.77. The predicted molar refractivity (Wildman–Crippen MR) is 77.7 cm³/mol. The first-order valence-corrected chi connectivity index (χ1v) is 7.24. The maximum absolute atomic E-state index is 13.2. The predicted octanol–water partition coefficient (Wildman–Crippen LogP) is 4.29. The summed E-state index contributed by atoms with van der Waals surface area (Å²) >= 11 is 0. The third-order valence-corrected chi connectivity index (χ3v) is 5.50. The maximum Gasteiger partial charge on any atom is 0.234 e. The van der Waals surface area contributed by atoms with Crippen molar-refractivity contribution in [3.05, 3.63) is 42.0 Å². The number of carbonyl (C=O) groups excluding carboxylic acids is 1. The van der Waals surface area contributed by atoms with E-state index in [4.69, 9.17) is 0 Å². The Balaban J connectivity index is 1.86. The molecule has 0 radical (unpaired) electrons. The standard InChI is InChI=1S/C17H19F2NO/c1-10-16(2,3)11-6-7-17(10,9-11)15(21)20-12-4-5-13(18)14(19)8-12/h4-5,8,11H,1,6-7,9H2,2-3H3,(H,20,21)/t11-,17+/m0/s1. The van der Waals surface area contributed by atoms with Crippen LogP contribution < -0.4 is 5.32 Å². The summed E-state index contributed by atoms with van der Waals surface area (Å²) in [5.41, 5.74) is 0.656. The lowest BCUT2D eigenvalue weighted by molar-refractivity contribution is -0.123. The van der Waals surface area contributed by atoms with Crippen LogP contribution in [0.25, 0.3) is 0 Å². The largest absolute Gasteiger partial charge is 0.325 e. The van der Waals surface area contributed by atoms with Crippen LogP contribution in [0.2, 0.25) is 0 Å². The van der Waals surface area contributed by atoms with E-state index in [0.717, 1.165) is 37.0 Å². The summed E-state index contributed by atoms with van der Waals surface area (Å²) in [6.45, 7) is 8.42. The summed E-state index contributed by atoms with van der Waals surface area (Å²) in [5.74, 6) is -1.55. The minimum Gasteiger partial charge on any atom is -0.325 e. The molecule has 2 atom stereocenters. The van der Waals surface area contributed by atoms with Crippen molar-refractivity contribution in [2.24, 2.45) is 16.7 Å². The van der Waals surface area contributed by atoms with Gasteiger partial charge in [0, 0.05) is 11.8 Å². The summed E-state index contributed by atoms with van der Waals surface area (Å²) in [7, 11) is 0. The summed E-state index contributed by atoms with van der Waals surface area (Å²) in [4.78, 5) is 12.7. The molecule has 2 saturated carbocycles. The Bertz CT molecular complexity index is 638. The molecule has 2 bridgehead atoms. The second kappa shape index (κ2) is 4.39. The normalized spacial score (nSPS) is 29.7. The van der Waals surface area contributed by atoms with Crippen LogP contribution in [0.15, 0.2) is 30.4 Å². The van der Waals surface area contributed by atoms with E-state index in [1.54, 1.807) is 0 Å². The molecule has 1 aromatic rings. The molecule has 0 aromatic heterocycles. The number of rotatable bonds is 2. The van der Waals surface area contributed by atoms with Crippen LogP contribution in [0.1, 0.15) is 33.1 Å². The quantitative estimate of drug-likeness (QED) is 0.809. The molecule has 0 unspecified atom stereocenters. The highest BCUT2D eigenvalue weighted by molar-refractivity contribution is 5.98. The minimum atomic E-state index is -0.958. The van der Waals surface area contributed by atoms with E-state index in [2.05, 4.69) is 25.7 Å². The number of amides is 1. The Morgan fingerprint density at radius 3 is 2.62 bits per heavy atom. The number of hydrogen-bond acceptors (Lipinski definition) is 1. The van der Waals surface area contributed by atoms with Crippen molar-refractivity contribution in [1.29, 1.82) is 0 Å². The second-order valence-corrected chi connectivity index (χ2v) is 6.81. The third kappa shape index (κ3) is 1.92. The monoisotopic (exact) mass is 291 g/mol. The highest BCUT2D eigenvalue weighted by Gasteiger charge is 2.60. The van der Waals surface area contributed by atoms with Gasteiger partial charge in [-0.1, -0.05) is 26.0 Å². The smallest absolute Gasteiger partial charge is 0.234 e. The van der Waals surface area contributed by atoms with Gasteiger partial charge in [0.25, 0.3) is 0 Å². The molecule has 4 heteroatoms. The van der Waals surface area contributed by atoms with Gasteiger partial charge in [-0.05, 0) is 42.7 Å². The van der Waals surface area contributed by atoms with Gasteiger partial charge >= 0.3 is 0 Å². The van der Waals surface area contributed by atoms with E-state index in [9.17, 15) is 13.6 Å². The van der Waals surface area contributed by atoms with E-state index in [0.29, 0.717) is 5.92 Å². The summed E-state index contributed by atoms with van der Waals surface area (Å²) in [6, 6.07) is 3.41. The van der Waals surface area contributed by atoms with Crippen LogP contribution >= 0.6 is 0 Å². The molecule has 112 valence electrons. The summed E-state index contributed by atoms with van der Waals surface area (Å²) < 4.78 is 26.2. The Kier molecular flexibility index (Phi) is 2.98. The molecule has 2 nitrogen and oxygen atoms in total. The second-order valence-electron chi connectivity index (χ2n) is 6.81. The number of fused-ring (bicyclic) bond motifs is 2. The van der Waals surface area contributed by atoms with Gasteiger partial charge in [-0.2, -0.15) is 0 Å². The Morgan fingerprint density at radius 2 is 2.05 bits per heavy atom. The van der Waals surface area contributed by atoms with E-state index in [1.807, 2.05) is 0 Å². The number of benzene rings is 1. The first kappa shape index (κ1) is 14.2. The summed E-state index contributed by atoms with van der Waals surface area (Å²) in [5, 5.41) is 2.73. The fraction of sp³-hybridized carbons (Fsp3) is 0.471. The third-order valence-electron chi connectivity index (χ3n) is 5.50. The number of anilines is 1. The number of hydrogen-bond donors (Lipinski definition) is 1. The van der Waals surface area contributed by atoms with Crippen LogP contribution in [-0.2, 0) is 4.79 Å². The minimum absolute atomic E-state index is 0.0381. The molecule has 0 heterocycles. The molecular weight excluding hydrogens is 272 g/mol. The number of nitrogens with one attached hydrogen (secondary N) is 1. The molecule has 3 rings (SSSR count). The summed E-state index contributed by atoms with van der Waals surface area (Å²) in [6.07, 6.45) is 2.60. The van der Waals surface area contributed by atoms with Gasteiger partial charge in [-0.25, -0.2) is 8.78 Å². The van der Waals surface area contributed by atoms with E-state index in [-0.39, 0.29) is 17.0 Å². The van der Waals surface area contributed by atoms with Crippen LogP contribution in [0, 0.1) is 28.4 Å². The van der Waals surface area contributed by atoms with Crippen molar-refractivity contribution in [3.63, 3.8) is 0 Å². The Labute approximate surface area is 123 Å². The SMILES string of the molecule is C=C1C(C)(C)[C@H]2CC[C@@]1(C(=O)Nc1ccc(F)c(F)c1)C2. The topological polar surface area (TPSA) is 29.1 Å². The lowest BCUT2D eigenvalue weighted by Crippen LogP contribution is -2.37. The van der Waals surface area contributed by atoms with Gasteiger partial charge < -0.3 is 5.32 Å². The van der Waals surface area contributed by atoms with Crippen molar-refractivity contribution >= 4 is 11.6 Å². The lowest BCUT2D eigenvalue weighted by Gasteiger charge is -2.37. The molecule has 1 aromatic carbocycles. The van der Waals surface area contributed by atoms with E-state index >= 15 is 0 Å². The first-order valence-electron chi connectivity index (χ1n) is 7.24. The zero-order chi connectivity index (χ0) is 15.4. The number of carbonyl (C=O) groups is 1. The van der Waals surface area contributed by atoms with E-state index in [1.165, 1.54) is 6.07 Å². The molecule has 0 aliphatic heterocycles. The van der Waals surface area contributed by atoms with E-state index < -0.39 is 17.0 Å². The van der Waals surface area contributed by atoms with Crippen LogP contribution in [-0.4, -0.2) is 5.91 Å². The molecule has 1 N–H and O–H groups in total. The average molecular weight is 291 g/mol. The molecule has 21 heavy (non-hydrogen) atoms. The van der Waals surface area contributed by atoms with Crippen molar-refractivity contribution in [3.8, 4) is 0 Å². The molecule has 2 aliphatic rings. The average Bonchev–Trinajstić information content (AvgIpc) is 2.95.